The number of hydrogen-bond acceptors (Lipinski definition) is 1. The van der Waals surface area contributed by atoms with Crippen LogP contribution in [0.1, 0.15) is 49.1 Å². The summed E-state index contributed by atoms with van der Waals surface area (Å²) in [5.41, 5.74) is 2.29. The molecule has 1 N–H and O–H groups in total. The monoisotopic (exact) mass is 238 g/mol. The molecule has 2 rings (SSSR count). The molecule has 16 heavy (non-hydrogen) atoms. The van der Waals surface area contributed by atoms with Gasteiger partial charge in [-0.2, -0.15) is 0 Å². The van der Waals surface area contributed by atoms with Gasteiger partial charge in [-0.1, -0.05) is 30.7 Å². The molecule has 0 aromatic heterocycles. The van der Waals surface area contributed by atoms with E-state index in [-0.39, 0.29) is 12.3 Å². The molecule has 1 aromatic carbocycles. The van der Waals surface area contributed by atoms with Crippen molar-refractivity contribution >= 4 is 17.6 Å². The molecule has 2 unspecified atom stereocenters. The topological polar surface area (TPSA) is 37.3 Å². The van der Waals surface area contributed by atoms with E-state index in [1.807, 2.05) is 18.2 Å². The molecule has 86 valence electrons. The molecule has 2 nitrogen and oxygen atoms in total. The first-order valence-corrected chi connectivity index (χ1v) is 5.97. The fourth-order valence-electron chi connectivity index (χ4n) is 2.60. The molecule has 0 saturated carbocycles. The van der Waals surface area contributed by atoms with Gasteiger partial charge in [0.15, 0.2) is 0 Å². The van der Waals surface area contributed by atoms with Crippen LogP contribution in [0.5, 0.6) is 0 Å². The van der Waals surface area contributed by atoms with Crippen LogP contribution in [0.25, 0.3) is 0 Å². The zero-order chi connectivity index (χ0) is 11.7. The average Bonchev–Trinajstić information content (AvgIpc) is 2.22. The largest absolute Gasteiger partial charge is 0.481 e. The third kappa shape index (κ3) is 2.07. The molecule has 0 heterocycles. The summed E-state index contributed by atoms with van der Waals surface area (Å²) in [6, 6.07) is 5.82. The van der Waals surface area contributed by atoms with E-state index in [9.17, 15) is 4.79 Å². The second-order valence-electron chi connectivity index (χ2n) is 4.52. The Morgan fingerprint density at radius 2 is 2.25 bits per heavy atom. The van der Waals surface area contributed by atoms with E-state index in [0.29, 0.717) is 5.92 Å². The smallest absolute Gasteiger partial charge is 0.303 e. The number of carbonyl (C=O) groups is 1. The molecule has 1 aromatic rings. The molecule has 3 heteroatoms. The molecular formula is C13H15ClO2. The van der Waals surface area contributed by atoms with E-state index in [1.54, 1.807) is 0 Å². The van der Waals surface area contributed by atoms with Crippen molar-refractivity contribution in [3.05, 3.63) is 34.3 Å². The van der Waals surface area contributed by atoms with Gasteiger partial charge in [0.2, 0.25) is 0 Å². The Labute approximate surface area is 100 Å². The lowest BCUT2D eigenvalue weighted by molar-refractivity contribution is -0.137. The number of benzene rings is 1. The lowest BCUT2D eigenvalue weighted by Gasteiger charge is -2.29. The number of rotatable bonds is 2. The van der Waals surface area contributed by atoms with Crippen LogP contribution in [0.15, 0.2) is 18.2 Å². The van der Waals surface area contributed by atoms with Crippen LogP contribution in [-0.2, 0) is 4.79 Å². The maximum atomic E-state index is 10.8. The summed E-state index contributed by atoms with van der Waals surface area (Å²) in [4.78, 5) is 10.8. The number of fused-ring (bicyclic) bond motifs is 1. The quantitative estimate of drug-likeness (QED) is 0.851. The fourth-order valence-corrected chi connectivity index (χ4v) is 2.97. The van der Waals surface area contributed by atoms with Crippen LogP contribution < -0.4 is 0 Å². The van der Waals surface area contributed by atoms with Gasteiger partial charge in [-0.3, -0.25) is 4.79 Å². The van der Waals surface area contributed by atoms with Gasteiger partial charge in [0.05, 0.1) is 6.42 Å². The van der Waals surface area contributed by atoms with E-state index < -0.39 is 5.97 Å². The molecule has 1 aliphatic carbocycles. The van der Waals surface area contributed by atoms with Gasteiger partial charge in [0, 0.05) is 5.02 Å². The van der Waals surface area contributed by atoms with Gasteiger partial charge in [0.25, 0.3) is 0 Å². The molecule has 0 saturated heterocycles. The van der Waals surface area contributed by atoms with Crippen LogP contribution in [0, 0.1) is 0 Å². The van der Waals surface area contributed by atoms with Crippen LogP contribution in [0.4, 0.5) is 0 Å². The molecule has 0 aliphatic heterocycles. The summed E-state index contributed by atoms with van der Waals surface area (Å²) in [5.74, 6) is -0.165. The molecule has 2 atom stereocenters. The first kappa shape index (κ1) is 11.5. The summed E-state index contributed by atoms with van der Waals surface area (Å²) in [7, 11) is 0. The van der Waals surface area contributed by atoms with Crippen LogP contribution in [0.3, 0.4) is 0 Å². The number of carboxylic acid groups (broad SMARTS) is 1. The minimum Gasteiger partial charge on any atom is -0.481 e. The van der Waals surface area contributed by atoms with E-state index in [2.05, 4.69) is 6.92 Å². The molecule has 0 amide bonds. The number of hydrogen-bond donors (Lipinski definition) is 1. The van der Waals surface area contributed by atoms with Crippen LogP contribution in [0.2, 0.25) is 5.02 Å². The van der Waals surface area contributed by atoms with Crippen molar-refractivity contribution in [1.82, 2.24) is 0 Å². The highest BCUT2D eigenvalue weighted by Crippen LogP contribution is 2.43. The van der Waals surface area contributed by atoms with Gasteiger partial charge in [0.1, 0.15) is 0 Å². The Morgan fingerprint density at radius 1 is 1.50 bits per heavy atom. The van der Waals surface area contributed by atoms with E-state index in [1.165, 1.54) is 0 Å². The van der Waals surface area contributed by atoms with Gasteiger partial charge in [-0.25, -0.2) is 0 Å². The number of aliphatic carboxylic acids is 1. The van der Waals surface area contributed by atoms with E-state index >= 15 is 0 Å². The lowest BCUT2D eigenvalue weighted by atomic mass is 9.76. The summed E-state index contributed by atoms with van der Waals surface area (Å²) >= 11 is 6.19. The summed E-state index contributed by atoms with van der Waals surface area (Å²) in [6.07, 6.45) is 2.18. The lowest BCUT2D eigenvalue weighted by Crippen LogP contribution is -2.16. The number of carboxylic acids is 1. The predicted octanol–water partition coefficient (Wildman–Crippen LogP) is 3.80. The molecule has 0 radical (unpaired) electrons. The van der Waals surface area contributed by atoms with E-state index in [0.717, 1.165) is 29.0 Å². The highest BCUT2D eigenvalue weighted by Gasteiger charge is 2.27. The first-order chi connectivity index (χ1) is 7.59. The standard InChI is InChI=1S/C13H15ClO2/c1-8-5-6-9(7-12(15)16)10-3-2-4-11(14)13(8)10/h2-4,8-9H,5-7H2,1H3,(H,15,16). The van der Waals surface area contributed by atoms with Crippen molar-refractivity contribution in [1.29, 1.82) is 0 Å². The van der Waals surface area contributed by atoms with Crippen molar-refractivity contribution in [2.24, 2.45) is 0 Å². The summed E-state index contributed by atoms with van der Waals surface area (Å²) in [6.45, 7) is 2.15. The Bertz CT molecular complexity index is 414. The highest BCUT2D eigenvalue weighted by atomic mass is 35.5. The Hall–Kier alpha value is -1.02. The maximum absolute atomic E-state index is 10.8. The average molecular weight is 239 g/mol. The second-order valence-corrected chi connectivity index (χ2v) is 4.92. The normalized spacial score (nSPS) is 23.9. The van der Waals surface area contributed by atoms with Crippen molar-refractivity contribution < 1.29 is 9.90 Å². The zero-order valence-electron chi connectivity index (χ0n) is 9.24. The van der Waals surface area contributed by atoms with Crippen molar-refractivity contribution in [3.8, 4) is 0 Å². The Balaban J connectivity index is 2.40. The van der Waals surface area contributed by atoms with Crippen LogP contribution >= 0.6 is 11.6 Å². The third-order valence-corrected chi connectivity index (χ3v) is 3.72. The minimum atomic E-state index is -0.731. The highest BCUT2D eigenvalue weighted by molar-refractivity contribution is 6.31. The third-order valence-electron chi connectivity index (χ3n) is 3.39. The molecule has 1 aliphatic rings. The molecular weight excluding hydrogens is 224 g/mol. The maximum Gasteiger partial charge on any atom is 0.303 e. The zero-order valence-corrected chi connectivity index (χ0v) is 10.00. The van der Waals surface area contributed by atoms with Crippen molar-refractivity contribution in [3.63, 3.8) is 0 Å². The van der Waals surface area contributed by atoms with Gasteiger partial charge in [-0.05, 0) is 41.9 Å². The molecule has 0 fully saturated rings. The fraction of sp³-hybridized carbons (Fsp3) is 0.462. The first-order valence-electron chi connectivity index (χ1n) is 5.59. The van der Waals surface area contributed by atoms with Gasteiger partial charge < -0.3 is 5.11 Å². The van der Waals surface area contributed by atoms with Gasteiger partial charge in [-0.15, -0.1) is 0 Å². The van der Waals surface area contributed by atoms with Crippen LogP contribution in [-0.4, -0.2) is 11.1 Å². The summed E-state index contributed by atoms with van der Waals surface area (Å²) in [5, 5.41) is 9.67. The van der Waals surface area contributed by atoms with E-state index in [4.69, 9.17) is 16.7 Å². The number of halogens is 1. The second kappa shape index (κ2) is 4.46. The molecule has 0 bridgehead atoms. The Kier molecular flexibility index (Phi) is 3.20. The molecule has 0 spiro atoms. The Morgan fingerprint density at radius 3 is 2.94 bits per heavy atom. The van der Waals surface area contributed by atoms with Gasteiger partial charge >= 0.3 is 5.97 Å². The van der Waals surface area contributed by atoms with Crippen molar-refractivity contribution in [2.75, 3.05) is 0 Å². The summed E-state index contributed by atoms with van der Waals surface area (Å²) < 4.78 is 0. The minimum absolute atomic E-state index is 0.127. The van der Waals surface area contributed by atoms with Crippen molar-refractivity contribution in [2.45, 2.75) is 38.0 Å². The SMILES string of the molecule is CC1CCC(CC(=O)O)c2cccc(Cl)c21. The predicted molar refractivity (Wildman–Crippen MR) is 64.1 cm³/mol.